The quantitative estimate of drug-likeness (QED) is 0.693. The standard InChI is InChI=1S/C12H25N3O/c1-16-10-12(13)9-15-6-4-14(5-7-15)8-11-2-3-11/h11-12H,2-10,13H2,1H3. The highest BCUT2D eigenvalue weighted by molar-refractivity contribution is 4.81. The summed E-state index contributed by atoms with van der Waals surface area (Å²) in [6.45, 7) is 7.76. The number of rotatable bonds is 6. The molecule has 0 radical (unpaired) electrons. The fraction of sp³-hybridized carbons (Fsp3) is 1.00. The van der Waals surface area contributed by atoms with E-state index in [1.807, 2.05) is 0 Å². The summed E-state index contributed by atoms with van der Waals surface area (Å²) < 4.78 is 5.07. The largest absolute Gasteiger partial charge is 0.383 e. The predicted octanol–water partition coefficient (Wildman–Crippen LogP) is -0.0123. The van der Waals surface area contributed by atoms with Crippen molar-refractivity contribution in [2.45, 2.75) is 18.9 Å². The lowest BCUT2D eigenvalue weighted by atomic mass is 10.2. The first-order chi connectivity index (χ1) is 7.78. The normalized spacial score (nSPS) is 25.9. The van der Waals surface area contributed by atoms with Crippen LogP contribution in [0.3, 0.4) is 0 Å². The van der Waals surface area contributed by atoms with Crippen molar-refractivity contribution >= 4 is 0 Å². The van der Waals surface area contributed by atoms with Crippen molar-refractivity contribution in [3.63, 3.8) is 0 Å². The Balaban J connectivity index is 1.60. The second-order valence-corrected chi connectivity index (χ2v) is 5.26. The molecule has 0 bridgehead atoms. The minimum Gasteiger partial charge on any atom is -0.383 e. The molecule has 2 N–H and O–H groups in total. The van der Waals surface area contributed by atoms with Gasteiger partial charge in [0.05, 0.1) is 6.61 Å². The van der Waals surface area contributed by atoms with Gasteiger partial charge in [0.1, 0.15) is 0 Å². The van der Waals surface area contributed by atoms with Gasteiger partial charge in [-0.25, -0.2) is 0 Å². The Morgan fingerprint density at radius 1 is 1.19 bits per heavy atom. The number of methoxy groups -OCH3 is 1. The highest BCUT2D eigenvalue weighted by Gasteiger charge is 2.26. The molecule has 1 heterocycles. The molecule has 0 aromatic heterocycles. The number of hydrogen-bond acceptors (Lipinski definition) is 4. The maximum atomic E-state index is 5.96. The summed E-state index contributed by atoms with van der Waals surface area (Å²) in [5.74, 6) is 1.02. The van der Waals surface area contributed by atoms with Gasteiger partial charge in [-0.15, -0.1) is 0 Å². The van der Waals surface area contributed by atoms with Gasteiger partial charge in [0.15, 0.2) is 0 Å². The topological polar surface area (TPSA) is 41.7 Å². The van der Waals surface area contributed by atoms with Crippen molar-refractivity contribution in [2.75, 3.05) is 53.0 Å². The molecule has 1 atom stereocenters. The maximum absolute atomic E-state index is 5.96. The molecule has 0 aromatic carbocycles. The summed E-state index contributed by atoms with van der Waals surface area (Å²) >= 11 is 0. The average molecular weight is 227 g/mol. The number of ether oxygens (including phenoxy) is 1. The van der Waals surface area contributed by atoms with Gasteiger partial charge in [-0.3, -0.25) is 4.90 Å². The minimum atomic E-state index is 0.167. The second kappa shape index (κ2) is 5.96. The van der Waals surface area contributed by atoms with Gasteiger partial charge in [0.2, 0.25) is 0 Å². The smallest absolute Gasteiger partial charge is 0.0626 e. The molecule has 0 amide bonds. The fourth-order valence-corrected chi connectivity index (χ4v) is 2.42. The number of nitrogens with two attached hydrogens (primary N) is 1. The Bertz CT molecular complexity index is 200. The van der Waals surface area contributed by atoms with Crippen molar-refractivity contribution in [1.82, 2.24) is 9.80 Å². The summed E-state index contributed by atoms with van der Waals surface area (Å²) in [6.07, 6.45) is 2.91. The van der Waals surface area contributed by atoms with Gasteiger partial charge in [-0.05, 0) is 18.8 Å². The summed E-state index contributed by atoms with van der Waals surface area (Å²) in [6, 6.07) is 0.167. The van der Waals surface area contributed by atoms with Crippen LogP contribution in [0, 0.1) is 5.92 Å². The third kappa shape index (κ3) is 4.01. The molecular formula is C12H25N3O. The zero-order valence-electron chi connectivity index (χ0n) is 10.4. The van der Waals surface area contributed by atoms with Crippen molar-refractivity contribution in [3.05, 3.63) is 0 Å². The maximum Gasteiger partial charge on any atom is 0.0626 e. The van der Waals surface area contributed by atoms with Crippen molar-refractivity contribution in [2.24, 2.45) is 11.7 Å². The van der Waals surface area contributed by atoms with E-state index in [0.29, 0.717) is 6.61 Å². The molecule has 1 saturated heterocycles. The molecule has 2 fully saturated rings. The Morgan fingerprint density at radius 3 is 2.38 bits per heavy atom. The lowest BCUT2D eigenvalue weighted by Crippen LogP contribution is -2.50. The molecule has 4 heteroatoms. The predicted molar refractivity (Wildman–Crippen MR) is 65.5 cm³/mol. The first kappa shape index (κ1) is 12.3. The van der Waals surface area contributed by atoms with Crippen molar-refractivity contribution < 1.29 is 4.74 Å². The summed E-state index contributed by atoms with van der Waals surface area (Å²) in [5, 5.41) is 0. The Kier molecular flexibility index (Phi) is 4.58. The molecule has 1 saturated carbocycles. The van der Waals surface area contributed by atoms with E-state index in [-0.39, 0.29) is 6.04 Å². The van der Waals surface area contributed by atoms with Crippen LogP contribution >= 0.6 is 0 Å². The van der Waals surface area contributed by atoms with Gasteiger partial charge >= 0.3 is 0 Å². The van der Waals surface area contributed by atoms with Crippen LogP contribution in [0.15, 0.2) is 0 Å². The van der Waals surface area contributed by atoms with Gasteiger partial charge in [-0.2, -0.15) is 0 Å². The zero-order valence-corrected chi connectivity index (χ0v) is 10.4. The molecule has 1 aliphatic heterocycles. The third-order valence-electron chi connectivity index (χ3n) is 3.55. The second-order valence-electron chi connectivity index (χ2n) is 5.26. The minimum absolute atomic E-state index is 0.167. The van der Waals surface area contributed by atoms with Crippen LogP contribution in [0.1, 0.15) is 12.8 Å². The first-order valence-corrected chi connectivity index (χ1v) is 6.47. The molecule has 0 spiro atoms. The zero-order chi connectivity index (χ0) is 11.4. The molecule has 94 valence electrons. The van der Waals surface area contributed by atoms with E-state index in [9.17, 15) is 0 Å². The van der Waals surface area contributed by atoms with Crippen LogP contribution in [0.5, 0.6) is 0 Å². The van der Waals surface area contributed by atoms with E-state index >= 15 is 0 Å². The van der Waals surface area contributed by atoms with E-state index in [1.54, 1.807) is 7.11 Å². The van der Waals surface area contributed by atoms with Crippen LogP contribution in [-0.2, 0) is 4.74 Å². The van der Waals surface area contributed by atoms with Crippen molar-refractivity contribution in [1.29, 1.82) is 0 Å². The third-order valence-corrected chi connectivity index (χ3v) is 3.55. The molecule has 2 aliphatic rings. The Morgan fingerprint density at radius 2 is 1.81 bits per heavy atom. The van der Waals surface area contributed by atoms with Crippen LogP contribution in [0.4, 0.5) is 0 Å². The van der Waals surface area contributed by atoms with E-state index in [4.69, 9.17) is 10.5 Å². The van der Waals surface area contributed by atoms with Crippen LogP contribution in [-0.4, -0.2) is 68.8 Å². The molecule has 1 unspecified atom stereocenters. The van der Waals surface area contributed by atoms with Gasteiger partial charge < -0.3 is 15.4 Å². The van der Waals surface area contributed by atoms with E-state index in [2.05, 4.69) is 9.80 Å². The SMILES string of the molecule is COCC(N)CN1CCN(CC2CC2)CC1. The monoisotopic (exact) mass is 227 g/mol. The number of hydrogen-bond donors (Lipinski definition) is 1. The van der Waals surface area contributed by atoms with Crippen LogP contribution in [0.25, 0.3) is 0 Å². The Labute approximate surface area is 98.7 Å². The number of nitrogens with zero attached hydrogens (tertiary/aromatic N) is 2. The molecule has 16 heavy (non-hydrogen) atoms. The molecule has 1 aliphatic carbocycles. The Hall–Kier alpha value is -0.160. The molecule has 0 aromatic rings. The number of piperazine rings is 1. The highest BCUT2D eigenvalue weighted by atomic mass is 16.5. The van der Waals surface area contributed by atoms with Crippen molar-refractivity contribution in [3.8, 4) is 0 Å². The summed E-state index contributed by atoms with van der Waals surface area (Å²) in [7, 11) is 1.72. The van der Waals surface area contributed by atoms with Gasteiger partial charge in [0, 0.05) is 52.4 Å². The summed E-state index contributed by atoms with van der Waals surface area (Å²) in [5.41, 5.74) is 5.96. The lowest BCUT2D eigenvalue weighted by Gasteiger charge is -2.35. The first-order valence-electron chi connectivity index (χ1n) is 6.47. The van der Waals surface area contributed by atoms with Crippen LogP contribution < -0.4 is 5.73 Å². The molecule has 4 nitrogen and oxygen atoms in total. The van der Waals surface area contributed by atoms with Gasteiger partial charge in [0.25, 0.3) is 0 Å². The average Bonchev–Trinajstić information content (AvgIpc) is 3.05. The summed E-state index contributed by atoms with van der Waals surface area (Å²) in [4.78, 5) is 5.07. The highest BCUT2D eigenvalue weighted by Crippen LogP contribution is 2.29. The molecule has 2 rings (SSSR count). The van der Waals surface area contributed by atoms with E-state index < -0.39 is 0 Å². The lowest BCUT2D eigenvalue weighted by molar-refractivity contribution is 0.105. The van der Waals surface area contributed by atoms with Crippen LogP contribution in [0.2, 0.25) is 0 Å². The van der Waals surface area contributed by atoms with E-state index in [0.717, 1.165) is 12.5 Å². The van der Waals surface area contributed by atoms with Gasteiger partial charge in [-0.1, -0.05) is 0 Å². The van der Waals surface area contributed by atoms with E-state index in [1.165, 1.54) is 45.6 Å². The fourth-order valence-electron chi connectivity index (χ4n) is 2.42. The molecular weight excluding hydrogens is 202 g/mol.